The quantitative estimate of drug-likeness (QED) is 0.307. The molecule has 0 unspecified atom stereocenters. The molecule has 0 nitrogen and oxygen atoms in total. The van der Waals surface area contributed by atoms with Crippen LogP contribution in [0.2, 0.25) is 0 Å². The van der Waals surface area contributed by atoms with Crippen molar-refractivity contribution in [2.24, 2.45) is 0 Å². The summed E-state index contributed by atoms with van der Waals surface area (Å²) in [6, 6.07) is 8.92. The van der Waals surface area contributed by atoms with Gasteiger partial charge in [0, 0.05) is 0 Å². The van der Waals surface area contributed by atoms with Crippen LogP contribution in [0.4, 0.5) is 0 Å². The molecule has 0 spiro atoms. The minimum atomic E-state index is -0.0633. The number of benzene rings is 1. The zero-order chi connectivity index (χ0) is 16.2. The highest BCUT2D eigenvalue weighted by Crippen LogP contribution is 2.44. The van der Waals surface area contributed by atoms with Gasteiger partial charge in [-0.2, -0.15) is 0 Å². The first-order valence-corrected chi connectivity index (χ1v) is 11.5. The minimum Gasteiger partial charge on any atom is -0.103 e. The van der Waals surface area contributed by atoms with Crippen molar-refractivity contribution < 1.29 is 0 Å². The predicted molar refractivity (Wildman–Crippen MR) is 108 cm³/mol. The summed E-state index contributed by atoms with van der Waals surface area (Å²) in [6.07, 6.45) is 15.0. The molecule has 0 bridgehead atoms. The number of allylic oxidation sites excluding steroid dienone is 4. The first-order chi connectivity index (χ1) is 10.7. The molecule has 0 aromatic heterocycles. The monoisotopic (exact) mass is 330 g/mol. The maximum Gasteiger partial charge on any atom is -0.00647 e. The summed E-state index contributed by atoms with van der Waals surface area (Å²) in [5.41, 5.74) is 3.02. The van der Waals surface area contributed by atoms with E-state index in [0.717, 1.165) is 24.6 Å². The summed E-state index contributed by atoms with van der Waals surface area (Å²) in [4.78, 5) is 0. The average Bonchev–Trinajstić information content (AvgIpc) is 2.50. The van der Waals surface area contributed by atoms with Gasteiger partial charge in [0.05, 0.1) is 0 Å². The van der Waals surface area contributed by atoms with E-state index in [0.29, 0.717) is 0 Å². The molecule has 0 radical (unpaired) electrons. The van der Waals surface area contributed by atoms with Gasteiger partial charge in [-0.25, -0.2) is 0 Å². The summed E-state index contributed by atoms with van der Waals surface area (Å²) >= 11 is 0. The van der Waals surface area contributed by atoms with Gasteiger partial charge in [-0.3, -0.25) is 0 Å². The fourth-order valence-corrected chi connectivity index (χ4v) is 6.34. The molecule has 1 rings (SSSR count). The van der Waals surface area contributed by atoms with E-state index in [9.17, 15) is 0 Å². The molecule has 0 heterocycles. The molecule has 0 aliphatic rings. The molecule has 0 atom stereocenters. The largest absolute Gasteiger partial charge is 0.103 e. The molecule has 2 heteroatoms. The highest BCUT2D eigenvalue weighted by Gasteiger charge is 2.12. The lowest BCUT2D eigenvalue weighted by atomic mass is 10.1. The molecule has 0 saturated heterocycles. The number of hydrogen-bond acceptors (Lipinski definition) is 0. The van der Waals surface area contributed by atoms with Crippen molar-refractivity contribution in [3.63, 3.8) is 0 Å². The topological polar surface area (TPSA) is 0 Å². The van der Waals surface area contributed by atoms with E-state index in [2.05, 4.69) is 74.9 Å². The van der Waals surface area contributed by atoms with Gasteiger partial charge >= 0.3 is 0 Å². The van der Waals surface area contributed by atoms with Crippen LogP contribution in [0.15, 0.2) is 74.9 Å². The highest BCUT2D eigenvalue weighted by atomic mass is 31.1. The summed E-state index contributed by atoms with van der Waals surface area (Å²) in [5.74, 6) is 0. The van der Waals surface area contributed by atoms with Crippen molar-refractivity contribution in [1.29, 1.82) is 0 Å². The van der Waals surface area contributed by atoms with Gasteiger partial charge in [0.2, 0.25) is 0 Å². The van der Waals surface area contributed by atoms with Crippen molar-refractivity contribution in [3.8, 4) is 0 Å². The van der Waals surface area contributed by atoms with Gasteiger partial charge < -0.3 is 0 Å². The third-order valence-corrected chi connectivity index (χ3v) is 8.13. The lowest BCUT2D eigenvalue weighted by Gasteiger charge is -2.20. The van der Waals surface area contributed by atoms with Crippen molar-refractivity contribution in [2.45, 2.75) is 12.3 Å². The van der Waals surface area contributed by atoms with Crippen LogP contribution in [-0.4, -0.2) is 24.6 Å². The second-order valence-electron chi connectivity index (χ2n) is 5.31. The minimum absolute atomic E-state index is 0.0633. The van der Waals surface area contributed by atoms with E-state index in [1.54, 1.807) is 0 Å². The summed E-state index contributed by atoms with van der Waals surface area (Å²) < 4.78 is 0. The Hall–Kier alpha value is -0.960. The lowest BCUT2D eigenvalue weighted by Crippen LogP contribution is -1.98. The van der Waals surface area contributed by atoms with Gasteiger partial charge in [0.1, 0.15) is 0 Å². The standard InChI is InChI=1S/C20H28P2/c1-5-13-21(14-6-2)17-19-11-9-10-12-20(19)18-22(15-7-3)16-8-4/h5-12H,1-4,13-18H2. The van der Waals surface area contributed by atoms with Gasteiger partial charge in [-0.05, 0) is 48.1 Å². The van der Waals surface area contributed by atoms with Crippen LogP contribution in [0.25, 0.3) is 0 Å². The molecule has 1 aromatic carbocycles. The Bertz CT molecular complexity index is 425. The fourth-order valence-electron chi connectivity index (χ4n) is 2.49. The second kappa shape index (κ2) is 11.6. The van der Waals surface area contributed by atoms with E-state index in [4.69, 9.17) is 0 Å². The highest BCUT2D eigenvalue weighted by molar-refractivity contribution is 7.57. The second-order valence-corrected chi connectivity index (χ2v) is 10.1. The van der Waals surface area contributed by atoms with Crippen molar-refractivity contribution >= 4 is 15.8 Å². The van der Waals surface area contributed by atoms with Gasteiger partial charge in [0.15, 0.2) is 0 Å². The SMILES string of the molecule is C=CCP(CC=C)Cc1ccccc1CP(CC=C)CC=C. The van der Waals surface area contributed by atoms with E-state index < -0.39 is 0 Å². The molecule has 0 aliphatic carbocycles. The predicted octanol–water partition coefficient (Wildman–Crippen LogP) is 6.39. The first-order valence-electron chi connectivity index (χ1n) is 7.70. The molecule has 0 aliphatic heterocycles. The molecule has 0 N–H and O–H groups in total. The van der Waals surface area contributed by atoms with Crippen LogP contribution >= 0.6 is 15.8 Å². The Morgan fingerprint density at radius 1 is 0.636 bits per heavy atom. The van der Waals surface area contributed by atoms with Crippen LogP contribution < -0.4 is 0 Å². The van der Waals surface area contributed by atoms with Crippen LogP contribution in [0.1, 0.15) is 11.1 Å². The lowest BCUT2D eigenvalue weighted by molar-refractivity contribution is 1.25. The fraction of sp³-hybridized carbons (Fsp3) is 0.300. The van der Waals surface area contributed by atoms with E-state index in [-0.39, 0.29) is 15.8 Å². The zero-order valence-electron chi connectivity index (χ0n) is 13.6. The third-order valence-electron chi connectivity index (χ3n) is 3.46. The Morgan fingerprint density at radius 2 is 0.955 bits per heavy atom. The zero-order valence-corrected chi connectivity index (χ0v) is 15.4. The van der Waals surface area contributed by atoms with Crippen LogP contribution in [0.5, 0.6) is 0 Å². The summed E-state index contributed by atoms with van der Waals surface area (Å²) in [7, 11) is -0.127. The van der Waals surface area contributed by atoms with Gasteiger partial charge in [0.25, 0.3) is 0 Å². The molecule has 118 valence electrons. The van der Waals surface area contributed by atoms with Gasteiger partial charge in [-0.15, -0.1) is 26.3 Å². The maximum atomic E-state index is 3.91. The van der Waals surface area contributed by atoms with Crippen molar-refractivity contribution in [2.75, 3.05) is 24.6 Å². The molecule has 0 amide bonds. The Morgan fingerprint density at radius 3 is 1.23 bits per heavy atom. The summed E-state index contributed by atoms with van der Waals surface area (Å²) in [5, 5.41) is 0. The van der Waals surface area contributed by atoms with Crippen LogP contribution in [-0.2, 0) is 12.3 Å². The molecular formula is C20H28P2. The van der Waals surface area contributed by atoms with Crippen LogP contribution in [0, 0.1) is 0 Å². The third kappa shape index (κ3) is 6.87. The van der Waals surface area contributed by atoms with E-state index in [1.807, 2.05) is 0 Å². The Kier molecular flexibility index (Phi) is 10.1. The average molecular weight is 330 g/mol. The van der Waals surface area contributed by atoms with Crippen molar-refractivity contribution in [1.82, 2.24) is 0 Å². The molecule has 1 aromatic rings. The molecule has 0 saturated carbocycles. The Labute approximate surface area is 139 Å². The number of hydrogen-bond donors (Lipinski definition) is 0. The van der Waals surface area contributed by atoms with Crippen molar-refractivity contribution in [3.05, 3.63) is 86.0 Å². The molecule has 22 heavy (non-hydrogen) atoms. The van der Waals surface area contributed by atoms with E-state index >= 15 is 0 Å². The van der Waals surface area contributed by atoms with Gasteiger partial charge in [-0.1, -0.05) is 64.4 Å². The normalized spacial score (nSPS) is 10.6. The maximum absolute atomic E-state index is 3.91. The summed E-state index contributed by atoms with van der Waals surface area (Å²) in [6.45, 7) is 15.6. The Balaban J connectivity index is 2.86. The van der Waals surface area contributed by atoms with Crippen LogP contribution in [0.3, 0.4) is 0 Å². The smallest absolute Gasteiger partial charge is 0.00647 e. The molecular weight excluding hydrogens is 302 g/mol. The van der Waals surface area contributed by atoms with E-state index in [1.165, 1.54) is 23.5 Å². The molecule has 0 fully saturated rings. The first kappa shape index (κ1) is 19.1. The number of rotatable bonds is 12.